The van der Waals surface area contributed by atoms with E-state index < -0.39 is 0 Å². The van der Waals surface area contributed by atoms with Gasteiger partial charge < -0.3 is 5.32 Å². The van der Waals surface area contributed by atoms with Crippen molar-refractivity contribution in [2.45, 2.75) is 19.4 Å². The molecule has 0 aliphatic heterocycles. The average molecular weight is 236 g/mol. The molecule has 2 aromatic rings. The van der Waals surface area contributed by atoms with Crippen LogP contribution in [0.4, 0.5) is 0 Å². The molecule has 1 unspecified atom stereocenters. The Morgan fingerprint density at radius 3 is 3.00 bits per heavy atom. The topological polar surface area (TPSA) is 42.7 Å². The van der Waals surface area contributed by atoms with Gasteiger partial charge in [-0.3, -0.25) is 4.68 Å². The predicted octanol–water partition coefficient (Wildman–Crippen LogP) is 1.77. The molecule has 1 N–H and O–H groups in total. The molecule has 2 aromatic heterocycles. The van der Waals surface area contributed by atoms with Gasteiger partial charge in [0.05, 0.1) is 17.9 Å². The monoisotopic (exact) mass is 236 g/mol. The third-order valence-corrected chi connectivity index (χ3v) is 3.44. The first kappa shape index (κ1) is 11.3. The standard InChI is InChI=1S/C11H16N4S/c1-3-12-10(7-9-5-4-6-16-9)11-8-13-14-15(11)2/h4-6,8,10,12H,3,7H2,1-2H3. The Balaban J connectivity index is 2.14. The average Bonchev–Trinajstić information content (AvgIpc) is 2.88. The van der Waals surface area contributed by atoms with E-state index in [1.807, 2.05) is 17.9 Å². The van der Waals surface area contributed by atoms with Gasteiger partial charge in [-0.25, -0.2) is 0 Å². The fourth-order valence-electron chi connectivity index (χ4n) is 1.77. The zero-order valence-corrected chi connectivity index (χ0v) is 10.4. The molecule has 0 saturated heterocycles. The van der Waals surface area contributed by atoms with Crippen LogP contribution in [-0.2, 0) is 13.5 Å². The van der Waals surface area contributed by atoms with Gasteiger partial charge in [-0.1, -0.05) is 18.2 Å². The van der Waals surface area contributed by atoms with E-state index >= 15 is 0 Å². The Labute approximate surface area is 99.3 Å². The summed E-state index contributed by atoms with van der Waals surface area (Å²) in [5.41, 5.74) is 1.13. The highest BCUT2D eigenvalue weighted by Crippen LogP contribution is 2.20. The van der Waals surface area contributed by atoms with Gasteiger partial charge in [0.25, 0.3) is 0 Å². The van der Waals surface area contributed by atoms with E-state index in [1.165, 1.54) is 4.88 Å². The molecule has 0 fully saturated rings. The summed E-state index contributed by atoms with van der Waals surface area (Å²) in [5, 5.41) is 13.5. The van der Waals surface area contributed by atoms with Crippen molar-refractivity contribution in [3.05, 3.63) is 34.3 Å². The van der Waals surface area contributed by atoms with Gasteiger partial charge in [0.1, 0.15) is 0 Å². The second-order valence-electron chi connectivity index (χ2n) is 3.68. The van der Waals surface area contributed by atoms with Gasteiger partial charge in [-0.15, -0.1) is 16.4 Å². The maximum atomic E-state index is 3.98. The van der Waals surface area contributed by atoms with Gasteiger partial charge in [0, 0.05) is 18.3 Å². The zero-order chi connectivity index (χ0) is 11.4. The second-order valence-corrected chi connectivity index (χ2v) is 4.71. The van der Waals surface area contributed by atoms with E-state index in [-0.39, 0.29) is 0 Å². The van der Waals surface area contributed by atoms with Crippen molar-refractivity contribution in [3.63, 3.8) is 0 Å². The molecular weight excluding hydrogens is 220 g/mol. The van der Waals surface area contributed by atoms with Gasteiger partial charge in [0.2, 0.25) is 0 Å². The molecule has 0 aromatic carbocycles. The fourth-order valence-corrected chi connectivity index (χ4v) is 2.52. The molecule has 2 rings (SSSR count). The van der Waals surface area contributed by atoms with Crippen LogP contribution < -0.4 is 5.32 Å². The third kappa shape index (κ3) is 2.48. The molecule has 0 amide bonds. The Bertz CT molecular complexity index is 421. The largest absolute Gasteiger partial charge is 0.309 e. The van der Waals surface area contributed by atoms with Crippen molar-refractivity contribution < 1.29 is 0 Å². The lowest BCUT2D eigenvalue weighted by atomic mass is 10.1. The predicted molar refractivity (Wildman–Crippen MR) is 65.4 cm³/mol. The number of hydrogen-bond donors (Lipinski definition) is 1. The minimum absolute atomic E-state index is 0.295. The van der Waals surface area contributed by atoms with E-state index in [1.54, 1.807) is 11.3 Å². The molecule has 0 spiro atoms. The minimum atomic E-state index is 0.295. The molecule has 2 heterocycles. The van der Waals surface area contributed by atoms with Crippen LogP contribution in [0.25, 0.3) is 0 Å². The maximum absolute atomic E-state index is 3.98. The normalized spacial score (nSPS) is 12.9. The SMILES string of the molecule is CCNC(Cc1cccs1)c1cnnn1C. The number of aromatic nitrogens is 3. The fraction of sp³-hybridized carbons (Fsp3) is 0.455. The van der Waals surface area contributed by atoms with E-state index in [4.69, 9.17) is 0 Å². The smallest absolute Gasteiger partial charge is 0.0756 e. The summed E-state index contributed by atoms with van der Waals surface area (Å²) in [6.45, 7) is 3.06. The number of nitrogens with zero attached hydrogens (tertiary/aromatic N) is 3. The first-order chi connectivity index (χ1) is 7.81. The van der Waals surface area contributed by atoms with Crippen molar-refractivity contribution in [3.8, 4) is 0 Å². The molecule has 1 atom stereocenters. The summed E-state index contributed by atoms with van der Waals surface area (Å²) in [4.78, 5) is 1.38. The van der Waals surface area contributed by atoms with Crippen molar-refractivity contribution in [1.82, 2.24) is 20.3 Å². The molecule has 0 bridgehead atoms. The van der Waals surface area contributed by atoms with Crippen molar-refractivity contribution in [2.24, 2.45) is 7.05 Å². The second kappa shape index (κ2) is 5.23. The number of nitrogens with one attached hydrogen (secondary N) is 1. The van der Waals surface area contributed by atoms with Crippen LogP contribution in [-0.4, -0.2) is 21.5 Å². The van der Waals surface area contributed by atoms with Gasteiger partial charge in [-0.05, 0) is 18.0 Å². The van der Waals surface area contributed by atoms with Gasteiger partial charge in [0.15, 0.2) is 0 Å². The number of aryl methyl sites for hydroxylation is 1. The minimum Gasteiger partial charge on any atom is -0.309 e. The molecule has 0 radical (unpaired) electrons. The number of hydrogen-bond acceptors (Lipinski definition) is 4. The highest BCUT2D eigenvalue weighted by Gasteiger charge is 2.15. The highest BCUT2D eigenvalue weighted by atomic mass is 32.1. The molecule has 0 aliphatic rings. The molecule has 86 valence electrons. The van der Waals surface area contributed by atoms with E-state index in [0.717, 1.165) is 18.7 Å². The lowest BCUT2D eigenvalue weighted by Gasteiger charge is -2.16. The van der Waals surface area contributed by atoms with Crippen LogP contribution in [0.3, 0.4) is 0 Å². The van der Waals surface area contributed by atoms with Crippen LogP contribution in [0.2, 0.25) is 0 Å². The molecular formula is C11H16N4S. The summed E-state index contributed by atoms with van der Waals surface area (Å²) < 4.78 is 1.83. The summed E-state index contributed by atoms with van der Waals surface area (Å²) >= 11 is 1.79. The van der Waals surface area contributed by atoms with Crippen LogP contribution in [0, 0.1) is 0 Å². The van der Waals surface area contributed by atoms with E-state index in [9.17, 15) is 0 Å². The van der Waals surface area contributed by atoms with Crippen LogP contribution in [0.1, 0.15) is 23.5 Å². The Hall–Kier alpha value is -1.20. The lowest BCUT2D eigenvalue weighted by Crippen LogP contribution is -2.24. The van der Waals surface area contributed by atoms with Crippen molar-refractivity contribution in [1.29, 1.82) is 0 Å². The quantitative estimate of drug-likeness (QED) is 0.860. The van der Waals surface area contributed by atoms with Gasteiger partial charge >= 0.3 is 0 Å². The maximum Gasteiger partial charge on any atom is 0.0756 e. The Kier molecular flexibility index (Phi) is 3.69. The molecule has 16 heavy (non-hydrogen) atoms. The molecule has 5 heteroatoms. The Morgan fingerprint density at radius 1 is 1.56 bits per heavy atom. The molecule has 0 aliphatic carbocycles. The summed E-state index contributed by atoms with van der Waals surface area (Å²) in [7, 11) is 1.93. The highest BCUT2D eigenvalue weighted by molar-refractivity contribution is 7.09. The first-order valence-corrected chi connectivity index (χ1v) is 6.29. The van der Waals surface area contributed by atoms with Crippen LogP contribution in [0.5, 0.6) is 0 Å². The first-order valence-electron chi connectivity index (χ1n) is 5.41. The Morgan fingerprint density at radius 2 is 2.44 bits per heavy atom. The van der Waals surface area contributed by atoms with E-state index in [2.05, 4.69) is 40.1 Å². The molecule has 4 nitrogen and oxygen atoms in total. The third-order valence-electron chi connectivity index (χ3n) is 2.54. The zero-order valence-electron chi connectivity index (χ0n) is 9.55. The summed E-state index contributed by atoms with van der Waals surface area (Å²) in [6.07, 6.45) is 2.83. The van der Waals surface area contributed by atoms with E-state index in [0.29, 0.717) is 6.04 Å². The number of thiophene rings is 1. The summed E-state index contributed by atoms with van der Waals surface area (Å²) in [6, 6.07) is 4.55. The van der Waals surface area contributed by atoms with Gasteiger partial charge in [-0.2, -0.15) is 0 Å². The van der Waals surface area contributed by atoms with Crippen molar-refractivity contribution >= 4 is 11.3 Å². The summed E-state index contributed by atoms with van der Waals surface area (Å²) in [5.74, 6) is 0. The van der Waals surface area contributed by atoms with Crippen LogP contribution >= 0.6 is 11.3 Å². The van der Waals surface area contributed by atoms with Crippen molar-refractivity contribution in [2.75, 3.05) is 6.54 Å². The lowest BCUT2D eigenvalue weighted by molar-refractivity contribution is 0.509. The number of rotatable bonds is 5. The number of likely N-dealkylation sites (N-methyl/N-ethyl adjacent to an activating group) is 1. The van der Waals surface area contributed by atoms with Crippen LogP contribution in [0.15, 0.2) is 23.7 Å². The molecule has 0 saturated carbocycles.